The number of alkyl halides is 3. The van der Waals surface area contributed by atoms with Gasteiger partial charge in [0.25, 0.3) is 0 Å². The van der Waals surface area contributed by atoms with Crippen LogP contribution in [0, 0.1) is 0 Å². The van der Waals surface area contributed by atoms with Crippen molar-refractivity contribution in [3.05, 3.63) is 69.7 Å². The molecule has 1 atom stereocenters. The molecule has 0 spiro atoms. The van der Waals surface area contributed by atoms with Crippen LogP contribution in [0.3, 0.4) is 0 Å². The van der Waals surface area contributed by atoms with Crippen LogP contribution in [0.15, 0.2) is 53.0 Å². The number of nitrogens with two attached hydrogens (primary N) is 1. The molecule has 2 aromatic carbocycles. The molecule has 0 aromatic heterocycles. The molecule has 112 valence electrons. The topological polar surface area (TPSA) is 26.0 Å². The largest absolute Gasteiger partial charge is 0.416 e. The molecular weight excluding hydrogens is 343 g/mol. The van der Waals surface area contributed by atoms with E-state index in [4.69, 9.17) is 5.73 Å². The van der Waals surface area contributed by atoms with Crippen LogP contribution in [-0.4, -0.2) is 6.04 Å². The summed E-state index contributed by atoms with van der Waals surface area (Å²) in [6, 6.07) is 12.8. The standard InChI is InChI=1S/C16H15BrF3N/c17-15-7-2-1-5-12(15)10-14(21)9-11-4-3-6-13(8-11)16(18,19)20/h1-8,14H,9-10,21H2. The zero-order valence-corrected chi connectivity index (χ0v) is 12.8. The van der Waals surface area contributed by atoms with Gasteiger partial charge in [-0.05, 0) is 36.1 Å². The average Bonchev–Trinajstić information content (AvgIpc) is 2.41. The lowest BCUT2D eigenvalue weighted by molar-refractivity contribution is -0.137. The number of halogens is 4. The number of hydrogen-bond donors (Lipinski definition) is 1. The van der Waals surface area contributed by atoms with E-state index in [1.54, 1.807) is 6.07 Å². The van der Waals surface area contributed by atoms with Gasteiger partial charge in [0, 0.05) is 10.5 Å². The van der Waals surface area contributed by atoms with Gasteiger partial charge in [0.05, 0.1) is 5.56 Å². The van der Waals surface area contributed by atoms with Crippen LogP contribution in [0.2, 0.25) is 0 Å². The normalized spacial score (nSPS) is 13.2. The molecule has 2 aromatic rings. The molecule has 0 radical (unpaired) electrons. The average molecular weight is 358 g/mol. The summed E-state index contributed by atoms with van der Waals surface area (Å²) in [7, 11) is 0. The molecule has 0 amide bonds. The van der Waals surface area contributed by atoms with E-state index in [0.29, 0.717) is 18.4 Å². The molecule has 0 heterocycles. The lowest BCUT2D eigenvalue weighted by atomic mass is 9.98. The quantitative estimate of drug-likeness (QED) is 0.851. The van der Waals surface area contributed by atoms with Gasteiger partial charge < -0.3 is 5.73 Å². The smallest absolute Gasteiger partial charge is 0.327 e. The molecule has 0 aliphatic rings. The maximum absolute atomic E-state index is 12.7. The first-order valence-electron chi connectivity index (χ1n) is 6.51. The summed E-state index contributed by atoms with van der Waals surface area (Å²) in [4.78, 5) is 0. The van der Waals surface area contributed by atoms with Gasteiger partial charge in [0.2, 0.25) is 0 Å². The monoisotopic (exact) mass is 357 g/mol. The van der Waals surface area contributed by atoms with Gasteiger partial charge in [-0.3, -0.25) is 0 Å². The van der Waals surface area contributed by atoms with Crippen molar-refractivity contribution in [2.45, 2.75) is 25.1 Å². The highest BCUT2D eigenvalue weighted by Crippen LogP contribution is 2.29. The minimum atomic E-state index is -4.32. The molecule has 0 aliphatic heterocycles. The van der Waals surface area contributed by atoms with Crippen molar-refractivity contribution >= 4 is 15.9 Å². The van der Waals surface area contributed by atoms with E-state index in [0.717, 1.165) is 16.1 Å². The van der Waals surface area contributed by atoms with Crippen molar-refractivity contribution in [3.8, 4) is 0 Å². The van der Waals surface area contributed by atoms with Crippen LogP contribution < -0.4 is 5.73 Å². The molecule has 1 unspecified atom stereocenters. The number of benzene rings is 2. The highest BCUT2D eigenvalue weighted by atomic mass is 79.9. The zero-order chi connectivity index (χ0) is 15.5. The van der Waals surface area contributed by atoms with Gasteiger partial charge in [0.1, 0.15) is 0 Å². The second-order valence-electron chi connectivity index (χ2n) is 4.96. The molecule has 0 saturated carbocycles. The molecule has 21 heavy (non-hydrogen) atoms. The van der Waals surface area contributed by atoms with Gasteiger partial charge in [-0.1, -0.05) is 52.3 Å². The van der Waals surface area contributed by atoms with Gasteiger partial charge in [-0.2, -0.15) is 13.2 Å². The van der Waals surface area contributed by atoms with E-state index >= 15 is 0 Å². The minimum absolute atomic E-state index is 0.229. The van der Waals surface area contributed by atoms with Gasteiger partial charge in [-0.25, -0.2) is 0 Å². The van der Waals surface area contributed by atoms with Crippen LogP contribution in [0.25, 0.3) is 0 Å². The Morgan fingerprint density at radius 3 is 2.38 bits per heavy atom. The van der Waals surface area contributed by atoms with Gasteiger partial charge >= 0.3 is 6.18 Å². The Kier molecular flexibility index (Phi) is 5.06. The number of hydrogen-bond acceptors (Lipinski definition) is 1. The lowest BCUT2D eigenvalue weighted by Gasteiger charge is -2.14. The number of rotatable bonds is 4. The second-order valence-corrected chi connectivity index (χ2v) is 5.81. The molecule has 0 saturated heterocycles. The third kappa shape index (κ3) is 4.58. The highest BCUT2D eigenvalue weighted by molar-refractivity contribution is 9.10. The maximum atomic E-state index is 12.7. The van der Waals surface area contributed by atoms with Crippen molar-refractivity contribution in [2.24, 2.45) is 5.73 Å². The first kappa shape index (κ1) is 16.0. The Bertz CT molecular complexity index is 610. The Hall–Kier alpha value is -1.33. The summed E-state index contributed by atoms with van der Waals surface area (Å²) in [5, 5.41) is 0. The zero-order valence-electron chi connectivity index (χ0n) is 11.2. The minimum Gasteiger partial charge on any atom is -0.327 e. The summed E-state index contributed by atoms with van der Waals surface area (Å²) >= 11 is 3.44. The van der Waals surface area contributed by atoms with E-state index in [1.165, 1.54) is 12.1 Å². The molecular formula is C16H15BrF3N. The Morgan fingerprint density at radius 2 is 1.71 bits per heavy atom. The van der Waals surface area contributed by atoms with Crippen LogP contribution in [0.1, 0.15) is 16.7 Å². The van der Waals surface area contributed by atoms with Crippen molar-refractivity contribution < 1.29 is 13.2 Å². The van der Waals surface area contributed by atoms with Crippen molar-refractivity contribution in [1.82, 2.24) is 0 Å². The second kappa shape index (κ2) is 6.62. The van der Waals surface area contributed by atoms with Gasteiger partial charge in [0.15, 0.2) is 0 Å². The molecule has 0 fully saturated rings. The SMILES string of the molecule is NC(Cc1cccc(C(F)(F)F)c1)Cc1ccccc1Br. The third-order valence-electron chi connectivity index (χ3n) is 3.19. The fraction of sp³-hybridized carbons (Fsp3) is 0.250. The van der Waals surface area contributed by atoms with E-state index in [9.17, 15) is 13.2 Å². The Labute approximate surface area is 130 Å². The third-order valence-corrected chi connectivity index (χ3v) is 3.97. The van der Waals surface area contributed by atoms with E-state index in [2.05, 4.69) is 15.9 Å². The van der Waals surface area contributed by atoms with E-state index in [-0.39, 0.29) is 6.04 Å². The Morgan fingerprint density at radius 1 is 1.00 bits per heavy atom. The van der Waals surface area contributed by atoms with E-state index in [1.807, 2.05) is 24.3 Å². The molecule has 2 N–H and O–H groups in total. The summed E-state index contributed by atoms with van der Waals surface area (Å²) in [6.07, 6.45) is -3.30. The molecule has 0 bridgehead atoms. The molecule has 0 aliphatic carbocycles. The first-order valence-corrected chi connectivity index (χ1v) is 7.30. The van der Waals surface area contributed by atoms with Crippen LogP contribution in [0.4, 0.5) is 13.2 Å². The Balaban J connectivity index is 2.06. The molecule has 1 nitrogen and oxygen atoms in total. The summed E-state index contributed by atoms with van der Waals surface area (Å²) < 4.78 is 39.0. The summed E-state index contributed by atoms with van der Waals surface area (Å²) in [5.41, 5.74) is 7.09. The fourth-order valence-electron chi connectivity index (χ4n) is 2.20. The highest BCUT2D eigenvalue weighted by Gasteiger charge is 2.30. The predicted molar refractivity (Wildman–Crippen MR) is 81.0 cm³/mol. The lowest BCUT2D eigenvalue weighted by Crippen LogP contribution is -2.25. The maximum Gasteiger partial charge on any atom is 0.416 e. The van der Waals surface area contributed by atoms with Crippen LogP contribution >= 0.6 is 15.9 Å². The predicted octanol–water partition coefficient (Wildman–Crippen LogP) is 4.58. The van der Waals surface area contributed by atoms with Crippen molar-refractivity contribution in [2.75, 3.05) is 0 Å². The van der Waals surface area contributed by atoms with Crippen molar-refractivity contribution in [3.63, 3.8) is 0 Å². The van der Waals surface area contributed by atoms with Gasteiger partial charge in [-0.15, -0.1) is 0 Å². The summed E-state index contributed by atoms with van der Waals surface area (Å²) in [5.74, 6) is 0. The first-order chi connectivity index (χ1) is 9.86. The van der Waals surface area contributed by atoms with Crippen LogP contribution in [-0.2, 0) is 19.0 Å². The van der Waals surface area contributed by atoms with Crippen molar-refractivity contribution in [1.29, 1.82) is 0 Å². The van der Waals surface area contributed by atoms with Crippen LogP contribution in [0.5, 0.6) is 0 Å². The molecule has 5 heteroatoms. The van der Waals surface area contributed by atoms with E-state index < -0.39 is 11.7 Å². The fourth-order valence-corrected chi connectivity index (χ4v) is 2.64. The molecule has 2 rings (SSSR count). The summed E-state index contributed by atoms with van der Waals surface area (Å²) in [6.45, 7) is 0.